The van der Waals surface area contributed by atoms with Crippen LogP contribution >= 0.6 is 15.9 Å². The first-order valence-electron chi connectivity index (χ1n) is 3.10. The Morgan fingerprint density at radius 1 is 1.17 bits per heavy atom. The summed E-state index contributed by atoms with van der Waals surface area (Å²) in [5, 5.41) is 3.61. The van der Waals surface area contributed by atoms with Crippen LogP contribution in [0.1, 0.15) is 0 Å². The lowest BCUT2D eigenvalue weighted by Crippen LogP contribution is -1.86. The second-order valence-corrected chi connectivity index (χ2v) is 2.79. The summed E-state index contributed by atoms with van der Waals surface area (Å²) < 4.78 is 5.23. The van der Waals surface area contributed by atoms with Crippen LogP contribution in [-0.2, 0) is 0 Å². The Bertz CT molecular complexity index is 358. The lowest BCUT2D eigenvalue weighted by atomic mass is 10.4. The summed E-state index contributed by atoms with van der Waals surface area (Å²) in [7, 11) is 0. The highest BCUT2D eigenvalue weighted by atomic mass is 79.9. The molecule has 2 aromatic rings. The van der Waals surface area contributed by atoms with Crippen LogP contribution in [0, 0.1) is 0 Å². The van der Waals surface area contributed by atoms with Gasteiger partial charge in [0.15, 0.2) is 0 Å². The SMILES string of the molecule is Brc1cnc(-c2ncon2)cn1. The summed E-state index contributed by atoms with van der Waals surface area (Å²) in [6.45, 7) is 0. The fourth-order valence-corrected chi connectivity index (χ4v) is 0.916. The Hall–Kier alpha value is -1.30. The van der Waals surface area contributed by atoms with Gasteiger partial charge < -0.3 is 4.52 Å². The van der Waals surface area contributed by atoms with Crippen molar-refractivity contribution in [3.63, 3.8) is 0 Å². The van der Waals surface area contributed by atoms with E-state index in [9.17, 15) is 0 Å². The van der Waals surface area contributed by atoms with E-state index in [-0.39, 0.29) is 0 Å². The van der Waals surface area contributed by atoms with Gasteiger partial charge in [0.1, 0.15) is 10.3 Å². The van der Waals surface area contributed by atoms with E-state index in [1.54, 1.807) is 12.4 Å². The molecular formula is C6H3BrN4O. The molecule has 5 nitrogen and oxygen atoms in total. The molecule has 0 saturated heterocycles. The second-order valence-electron chi connectivity index (χ2n) is 1.98. The third-order valence-corrected chi connectivity index (χ3v) is 1.62. The molecule has 0 aliphatic rings. The van der Waals surface area contributed by atoms with Crippen molar-refractivity contribution in [2.45, 2.75) is 0 Å². The average molecular weight is 227 g/mol. The largest absolute Gasteiger partial charge is 0.342 e. The normalized spacial score (nSPS) is 10.1. The molecule has 0 N–H and O–H groups in total. The number of halogens is 1. The fraction of sp³-hybridized carbons (Fsp3) is 0. The maximum Gasteiger partial charge on any atom is 0.222 e. The minimum Gasteiger partial charge on any atom is -0.342 e. The van der Waals surface area contributed by atoms with Crippen LogP contribution in [0.25, 0.3) is 11.5 Å². The van der Waals surface area contributed by atoms with Crippen molar-refractivity contribution in [3.05, 3.63) is 23.4 Å². The summed E-state index contributed by atoms with van der Waals surface area (Å²) >= 11 is 3.17. The molecule has 0 spiro atoms. The van der Waals surface area contributed by atoms with E-state index in [0.29, 0.717) is 16.1 Å². The summed E-state index contributed by atoms with van der Waals surface area (Å²) in [6, 6.07) is 0. The maximum absolute atomic E-state index is 4.56. The average Bonchev–Trinajstić information content (AvgIpc) is 2.58. The van der Waals surface area contributed by atoms with Crippen LogP contribution in [0.2, 0.25) is 0 Å². The third-order valence-electron chi connectivity index (χ3n) is 1.21. The predicted molar refractivity (Wildman–Crippen MR) is 43.0 cm³/mol. The van der Waals surface area contributed by atoms with Gasteiger partial charge in [-0.25, -0.2) is 9.97 Å². The highest BCUT2D eigenvalue weighted by Crippen LogP contribution is 2.10. The molecule has 2 aromatic heterocycles. The number of nitrogens with zero attached hydrogens (tertiary/aromatic N) is 4. The van der Waals surface area contributed by atoms with Gasteiger partial charge in [-0.2, -0.15) is 4.98 Å². The van der Waals surface area contributed by atoms with Crippen molar-refractivity contribution in [1.82, 2.24) is 20.1 Å². The summed E-state index contributed by atoms with van der Waals surface area (Å²) in [5.41, 5.74) is 0.590. The zero-order chi connectivity index (χ0) is 8.39. The standard InChI is InChI=1S/C6H3BrN4O/c7-5-2-8-4(1-9-5)6-10-3-12-11-6/h1-3H. The van der Waals surface area contributed by atoms with Crippen LogP contribution in [0.4, 0.5) is 0 Å². The van der Waals surface area contributed by atoms with Gasteiger partial charge in [0, 0.05) is 0 Å². The molecule has 0 aliphatic heterocycles. The van der Waals surface area contributed by atoms with Crippen molar-refractivity contribution in [1.29, 1.82) is 0 Å². The van der Waals surface area contributed by atoms with E-state index >= 15 is 0 Å². The van der Waals surface area contributed by atoms with Gasteiger partial charge in [0.05, 0.1) is 12.4 Å². The van der Waals surface area contributed by atoms with Crippen molar-refractivity contribution in [2.75, 3.05) is 0 Å². The molecule has 0 bridgehead atoms. The Morgan fingerprint density at radius 2 is 2.08 bits per heavy atom. The highest BCUT2D eigenvalue weighted by Gasteiger charge is 2.03. The van der Waals surface area contributed by atoms with Crippen molar-refractivity contribution < 1.29 is 4.52 Å². The van der Waals surface area contributed by atoms with E-state index in [4.69, 9.17) is 0 Å². The molecule has 60 valence electrons. The van der Waals surface area contributed by atoms with Gasteiger partial charge >= 0.3 is 0 Å². The van der Waals surface area contributed by atoms with E-state index in [1.807, 2.05) is 0 Å². The molecule has 0 aromatic carbocycles. The topological polar surface area (TPSA) is 64.7 Å². The van der Waals surface area contributed by atoms with Crippen LogP contribution < -0.4 is 0 Å². The number of hydrogen-bond donors (Lipinski definition) is 0. The van der Waals surface area contributed by atoms with Crippen molar-refractivity contribution >= 4 is 15.9 Å². The Morgan fingerprint density at radius 3 is 2.67 bits per heavy atom. The molecule has 0 atom stereocenters. The Balaban J connectivity index is 2.43. The van der Waals surface area contributed by atoms with Crippen LogP contribution in [-0.4, -0.2) is 20.1 Å². The maximum atomic E-state index is 4.56. The first-order valence-corrected chi connectivity index (χ1v) is 3.90. The molecule has 0 fully saturated rings. The lowest BCUT2D eigenvalue weighted by Gasteiger charge is -1.91. The fourth-order valence-electron chi connectivity index (χ4n) is 0.711. The number of aromatic nitrogens is 4. The molecule has 0 radical (unpaired) electrons. The molecule has 12 heavy (non-hydrogen) atoms. The monoisotopic (exact) mass is 226 g/mol. The van der Waals surface area contributed by atoms with Crippen LogP contribution in [0.15, 0.2) is 27.9 Å². The first kappa shape index (κ1) is 7.35. The third kappa shape index (κ3) is 1.33. The minimum atomic E-state index is 0.440. The van der Waals surface area contributed by atoms with Gasteiger partial charge in [-0.05, 0) is 15.9 Å². The Kier molecular flexibility index (Phi) is 1.83. The van der Waals surface area contributed by atoms with E-state index in [0.717, 1.165) is 0 Å². The molecule has 0 amide bonds. The van der Waals surface area contributed by atoms with Gasteiger partial charge in [-0.15, -0.1) is 0 Å². The second kappa shape index (κ2) is 2.98. The van der Waals surface area contributed by atoms with Gasteiger partial charge in [0.2, 0.25) is 12.2 Å². The van der Waals surface area contributed by atoms with E-state index in [1.165, 1.54) is 6.39 Å². The van der Waals surface area contributed by atoms with Crippen molar-refractivity contribution in [2.24, 2.45) is 0 Å². The molecule has 2 rings (SSSR count). The smallest absolute Gasteiger partial charge is 0.222 e. The van der Waals surface area contributed by atoms with Gasteiger partial charge in [0.25, 0.3) is 0 Å². The summed E-state index contributed by atoms with van der Waals surface area (Å²) in [4.78, 5) is 11.8. The van der Waals surface area contributed by atoms with Gasteiger partial charge in [-0.1, -0.05) is 5.16 Å². The molecule has 0 aliphatic carbocycles. The number of rotatable bonds is 1. The van der Waals surface area contributed by atoms with E-state index < -0.39 is 0 Å². The Labute approximate surface area is 76.0 Å². The predicted octanol–water partition coefficient (Wildman–Crippen LogP) is 1.29. The van der Waals surface area contributed by atoms with Crippen LogP contribution in [0.5, 0.6) is 0 Å². The summed E-state index contributed by atoms with van der Waals surface area (Å²) in [6.07, 6.45) is 4.39. The quantitative estimate of drug-likeness (QED) is 0.734. The summed E-state index contributed by atoms with van der Waals surface area (Å²) in [5.74, 6) is 0.440. The highest BCUT2D eigenvalue weighted by molar-refractivity contribution is 9.10. The van der Waals surface area contributed by atoms with Gasteiger partial charge in [-0.3, -0.25) is 0 Å². The molecule has 0 unspecified atom stereocenters. The van der Waals surface area contributed by atoms with Crippen molar-refractivity contribution in [3.8, 4) is 11.5 Å². The zero-order valence-electron chi connectivity index (χ0n) is 5.81. The molecule has 0 saturated carbocycles. The minimum absolute atomic E-state index is 0.440. The van der Waals surface area contributed by atoms with Crippen LogP contribution in [0.3, 0.4) is 0 Å². The molecule has 2 heterocycles. The van der Waals surface area contributed by atoms with E-state index in [2.05, 4.69) is 40.6 Å². The first-order chi connectivity index (χ1) is 5.86. The molecular weight excluding hydrogens is 224 g/mol. The molecule has 6 heteroatoms. The number of hydrogen-bond acceptors (Lipinski definition) is 5. The zero-order valence-corrected chi connectivity index (χ0v) is 7.39. The lowest BCUT2D eigenvalue weighted by molar-refractivity contribution is 0.418.